The molecule has 14 heavy (non-hydrogen) atoms. The summed E-state index contributed by atoms with van der Waals surface area (Å²) in [6.45, 7) is 0.693. The van der Waals surface area contributed by atoms with Gasteiger partial charge in [-0.3, -0.25) is 0 Å². The normalized spacial score (nSPS) is 14.1. The quantitative estimate of drug-likeness (QED) is 0.660. The van der Waals surface area contributed by atoms with Crippen LogP contribution in [-0.2, 0) is 6.42 Å². The van der Waals surface area contributed by atoms with Crippen LogP contribution in [0.4, 0.5) is 0 Å². The summed E-state index contributed by atoms with van der Waals surface area (Å²) >= 11 is 6.27. The van der Waals surface area contributed by atoms with Crippen LogP contribution in [0.3, 0.4) is 0 Å². The molecular formula is C11H8ClNO. The molecule has 2 heterocycles. The predicted molar refractivity (Wildman–Crippen MR) is 56.0 cm³/mol. The maximum atomic E-state index is 6.27. The van der Waals surface area contributed by atoms with E-state index < -0.39 is 0 Å². The molecule has 0 N–H and O–H groups in total. The number of halogens is 1. The Labute approximate surface area is 86.5 Å². The molecule has 2 nitrogen and oxygen atoms in total. The molecule has 0 saturated heterocycles. The number of hydrogen-bond acceptors (Lipinski definition) is 2. The third-order valence-corrected chi connectivity index (χ3v) is 2.91. The number of fused-ring (bicyclic) bond motifs is 2. The number of benzene rings is 1. The first-order chi connectivity index (χ1) is 6.86. The summed E-state index contributed by atoms with van der Waals surface area (Å²) < 4.78 is 5.39. The topological polar surface area (TPSA) is 22.1 Å². The van der Waals surface area contributed by atoms with Crippen molar-refractivity contribution in [3.63, 3.8) is 0 Å². The van der Waals surface area contributed by atoms with Crippen LogP contribution in [0.5, 0.6) is 5.88 Å². The van der Waals surface area contributed by atoms with Crippen LogP contribution in [0.2, 0.25) is 5.02 Å². The second-order valence-electron chi connectivity index (χ2n) is 3.33. The van der Waals surface area contributed by atoms with Crippen molar-refractivity contribution >= 4 is 22.5 Å². The molecule has 1 aliphatic heterocycles. The van der Waals surface area contributed by atoms with Crippen molar-refractivity contribution in [2.75, 3.05) is 6.61 Å². The van der Waals surface area contributed by atoms with Gasteiger partial charge in [0, 0.05) is 17.4 Å². The fraction of sp³-hybridized carbons (Fsp3) is 0.182. The second kappa shape index (κ2) is 2.85. The van der Waals surface area contributed by atoms with Gasteiger partial charge >= 0.3 is 0 Å². The SMILES string of the molecule is Clc1c2c(nc3ccccc13)OCC2. The van der Waals surface area contributed by atoms with E-state index >= 15 is 0 Å². The maximum absolute atomic E-state index is 6.27. The first kappa shape index (κ1) is 8.06. The van der Waals surface area contributed by atoms with Gasteiger partial charge in [0.2, 0.25) is 5.88 Å². The fourth-order valence-corrected chi connectivity index (χ4v) is 2.11. The number of para-hydroxylation sites is 1. The minimum atomic E-state index is 0.693. The lowest BCUT2D eigenvalue weighted by molar-refractivity contribution is 0.346. The van der Waals surface area contributed by atoms with Crippen molar-refractivity contribution in [1.29, 1.82) is 0 Å². The average Bonchev–Trinajstić information content (AvgIpc) is 2.66. The van der Waals surface area contributed by atoms with Crippen LogP contribution in [0.15, 0.2) is 24.3 Å². The first-order valence-electron chi connectivity index (χ1n) is 4.56. The van der Waals surface area contributed by atoms with Crippen molar-refractivity contribution < 1.29 is 4.74 Å². The predicted octanol–water partition coefficient (Wildman–Crippen LogP) is 2.82. The minimum Gasteiger partial charge on any atom is -0.477 e. The van der Waals surface area contributed by atoms with E-state index in [1.807, 2.05) is 24.3 Å². The highest BCUT2D eigenvalue weighted by Crippen LogP contribution is 2.35. The molecule has 0 unspecified atom stereocenters. The third kappa shape index (κ3) is 1.01. The summed E-state index contributed by atoms with van der Waals surface area (Å²) in [4.78, 5) is 4.41. The van der Waals surface area contributed by atoms with Crippen molar-refractivity contribution in [2.24, 2.45) is 0 Å². The van der Waals surface area contributed by atoms with E-state index in [1.54, 1.807) is 0 Å². The van der Waals surface area contributed by atoms with Crippen LogP contribution in [-0.4, -0.2) is 11.6 Å². The first-order valence-corrected chi connectivity index (χ1v) is 4.94. The summed E-state index contributed by atoms with van der Waals surface area (Å²) in [6.07, 6.45) is 0.867. The highest BCUT2D eigenvalue weighted by atomic mass is 35.5. The summed E-state index contributed by atoms with van der Waals surface area (Å²) in [5, 5.41) is 1.81. The van der Waals surface area contributed by atoms with E-state index in [9.17, 15) is 0 Å². The van der Waals surface area contributed by atoms with E-state index in [2.05, 4.69) is 4.98 Å². The van der Waals surface area contributed by atoms with Gasteiger partial charge in [0.05, 0.1) is 17.1 Å². The summed E-state index contributed by atoms with van der Waals surface area (Å²) in [5.41, 5.74) is 1.95. The van der Waals surface area contributed by atoms with Crippen LogP contribution < -0.4 is 4.74 Å². The highest BCUT2D eigenvalue weighted by molar-refractivity contribution is 6.36. The maximum Gasteiger partial charge on any atom is 0.218 e. The highest BCUT2D eigenvalue weighted by Gasteiger charge is 2.19. The van der Waals surface area contributed by atoms with E-state index in [-0.39, 0.29) is 0 Å². The lowest BCUT2D eigenvalue weighted by atomic mass is 10.1. The summed E-state index contributed by atoms with van der Waals surface area (Å²) in [5.74, 6) is 0.703. The lowest BCUT2D eigenvalue weighted by Crippen LogP contribution is -1.88. The number of hydrogen-bond donors (Lipinski definition) is 0. The smallest absolute Gasteiger partial charge is 0.218 e. The van der Waals surface area contributed by atoms with Crippen LogP contribution in [0.1, 0.15) is 5.56 Å². The Bertz CT molecular complexity index is 510. The number of aromatic nitrogens is 1. The molecule has 2 aromatic rings. The Hall–Kier alpha value is -1.28. The van der Waals surface area contributed by atoms with Crippen LogP contribution in [0.25, 0.3) is 10.9 Å². The Morgan fingerprint density at radius 3 is 3.07 bits per heavy atom. The molecule has 70 valence electrons. The molecule has 0 bridgehead atoms. The molecular weight excluding hydrogens is 198 g/mol. The molecule has 0 aliphatic carbocycles. The van der Waals surface area contributed by atoms with Crippen molar-refractivity contribution in [3.05, 3.63) is 34.9 Å². The van der Waals surface area contributed by atoms with Crippen molar-refractivity contribution in [1.82, 2.24) is 4.98 Å². The van der Waals surface area contributed by atoms with Gasteiger partial charge in [-0.2, -0.15) is 0 Å². The molecule has 1 aromatic heterocycles. The van der Waals surface area contributed by atoms with Crippen molar-refractivity contribution in [2.45, 2.75) is 6.42 Å². The molecule has 3 rings (SSSR count). The fourth-order valence-electron chi connectivity index (χ4n) is 1.78. The zero-order valence-electron chi connectivity index (χ0n) is 7.46. The molecule has 0 spiro atoms. The summed E-state index contributed by atoms with van der Waals surface area (Å²) in [7, 11) is 0. The Morgan fingerprint density at radius 2 is 2.14 bits per heavy atom. The molecule has 0 amide bonds. The number of rotatable bonds is 0. The molecule has 0 atom stereocenters. The zero-order valence-corrected chi connectivity index (χ0v) is 8.21. The molecule has 1 aliphatic rings. The number of pyridine rings is 1. The zero-order chi connectivity index (χ0) is 9.54. The van der Waals surface area contributed by atoms with E-state index in [4.69, 9.17) is 16.3 Å². The van der Waals surface area contributed by atoms with Crippen molar-refractivity contribution in [3.8, 4) is 5.88 Å². The number of ether oxygens (including phenoxy) is 1. The second-order valence-corrected chi connectivity index (χ2v) is 3.70. The molecule has 0 saturated carbocycles. The van der Waals surface area contributed by atoms with E-state index in [0.29, 0.717) is 12.5 Å². The standard InChI is InChI=1S/C11H8ClNO/c12-10-7-3-1-2-4-9(7)13-11-8(10)5-6-14-11/h1-4H,5-6H2. The average molecular weight is 206 g/mol. The van der Waals surface area contributed by atoms with E-state index in [1.165, 1.54) is 0 Å². The Morgan fingerprint density at radius 1 is 1.29 bits per heavy atom. The van der Waals surface area contributed by atoms with Gasteiger partial charge < -0.3 is 4.74 Å². The number of nitrogens with zero attached hydrogens (tertiary/aromatic N) is 1. The molecule has 3 heteroatoms. The van der Waals surface area contributed by atoms with Gasteiger partial charge in [0.25, 0.3) is 0 Å². The summed E-state index contributed by atoms with van der Waals surface area (Å²) in [6, 6.07) is 7.86. The Kier molecular flexibility index (Phi) is 1.64. The van der Waals surface area contributed by atoms with Crippen LogP contribution in [0, 0.1) is 0 Å². The van der Waals surface area contributed by atoms with Gasteiger partial charge in [0.1, 0.15) is 0 Å². The lowest BCUT2D eigenvalue weighted by Gasteiger charge is -2.04. The van der Waals surface area contributed by atoms with Gasteiger partial charge in [-0.25, -0.2) is 4.98 Å². The molecule has 0 radical (unpaired) electrons. The van der Waals surface area contributed by atoms with Gasteiger partial charge in [-0.15, -0.1) is 0 Å². The third-order valence-electron chi connectivity index (χ3n) is 2.48. The van der Waals surface area contributed by atoms with Gasteiger partial charge in [0.15, 0.2) is 0 Å². The van der Waals surface area contributed by atoms with Crippen LogP contribution >= 0.6 is 11.6 Å². The Balaban J connectivity index is 2.44. The van der Waals surface area contributed by atoms with E-state index in [0.717, 1.165) is 27.9 Å². The molecule has 0 fully saturated rings. The van der Waals surface area contributed by atoms with Gasteiger partial charge in [-0.1, -0.05) is 29.8 Å². The minimum absolute atomic E-state index is 0.693. The largest absolute Gasteiger partial charge is 0.477 e. The monoisotopic (exact) mass is 205 g/mol. The van der Waals surface area contributed by atoms with Gasteiger partial charge in [-0.05, 0) is 6.07 Å². The molecule has 1 aromatic carbocycles.